The van der Waals surface area contributed by atoms with Crippen molar-refractivity contribution in [1.29, 1.82) is 0 Å². The Morgan fingerprint density at radius 3 is 2.50 bits per heavy atom. The minimum Gasteiger partial charge on any atom is -0.297 e. The van der Waals surface area contributed by atoms with Crippen LogP contribution in [0.5, 0.6) is 0 Å². The van der Waals surface area contributed by atoms with Gasteiger partial charge in [0.1, 0.15) is 0 Å². The van der Waals surface area contributed by atoms with E-state index in [1.807, 2.05) is 22.9 Å². The molecule has 1 aromatic carbocycles. The smallest absolute Gasteiger partial charge is 0.297 e. The quantitative estimate of drug-likeness (QED) is 0.582. The summed E-state index contributed by atoms with van der Waals surface area (Å²) < 4.78 is 40.2. The van der Waals surface area contributed by atoms with E-state index >= 15 is 0 Å². The number of hydrogen-bond acceptors (Lipinski definition) is 4. The first kappa shape index (κ1) is 20.3. The van der Waals surface area contributed by atoms with Crippen LogP contribution in [0.15, 0.2) is 61.1 Å². The van der Waals surface area contributed by atoms with E-state index in [2.05, 4.69) is 14.9 Å². The predicted molar refractivity (Wildman–Crippen MR) is 105 cm³/mol. The van der Waals surface area contributed by atoms with E-state index in [0.29, 0.717) is 24.6 Å². The summed E-state index contributed by atoms with van der Waals surface area (Å²) in [5.74, 6) is 0.258. The molecule has 3 heterocycles. The summed E-state index contributed by atoms with van der Waals surface area (Å²) in [4.78, 5) is 23.6. The molecule has 0 bridgehead atoms. The molecule has 0 saturated carbocycles. The number of ketones is 1. The van der Waals surface area contributed by atoms with Crippen LogP contribution >= 0.6 is 0 Å². The van der Waals surface area contributed by atoms with Crippen LogP contribution in [0.3, 0.4) is 0 Å². The molecule has 0 amide bonds. The maximum atomic E-state index is 12.9. The van der Waals surface area contributed by atoms with Crippen LogP contribution in [0.4, 0.5) is 13.2 Å². The molecule has 3 aromatic rings. The van der Waals surface area contributed by atoms with Gasteiger partial charge in [0.25, 0.3) is 0 Å². The van der Waals surface area contributed by atoms with Crippen molar-refractivity contribution in [3.63, 3.8) is 0 Å². The Balaban J connectivity index is 1.44. The highest BCUT2D eigenvalue weighted by Crippen LogP contribution is 2.30. The summed E-state index contributed by atoms with van der Waals surface area (Å²) in [7, 11) is 0. The van der Waals surface area contributed by atoms with Gasteiger partial charge in [-0.3, -0.25) is 14.3 Å². The second kappa shape index (κ2) is 8.39. The zero-order valence-corrected chi connectivity index (χ0v) is 16.2. The van der Waals surface area contributed by atoms with E-state index in [1.165, 1.54) is 12.1 Å². The van der Waals surface area contributed by atoms with Crippen LogP contribution in [0, 0.1) is 5.92 Å². The number of carbonyl (C=O) groups is 1. The Hall–Kier alpha value is -3.00. The van der Waals surface area contributed by atoms with Crippen molar-refractivity contribution >= 4 is 5.78 Å². The van der Waals surface area contributed by atoms with Gasteiger partial charge in [-0.15, -0.1) is 0 Å². The number of piperidine rings is 1. The first-order valence-electron chi connectivity index (χ1n) is 9.79. The first-order valence-corrected chi connectivity index (χ1v) is 9.79. The molecule has 0 spiro atoms. The molecule has 0 N–H and O–H groups in total. The van der Waals surface area contributed by atoms with E-state index in [1.54, 1.807) is 18.5 Å². The number of rotatable bonds is 5. The first-order chi connectivity index (χ1) is 14.4. The molecule has 0 radical (unpaired) electrons. The fourth-order valence-corrected chi connectivity index (χ4v) is 3.86. The number of halogens is 3. The fraction of sp³-hybridized carbons (Fsp3) is 0.318. The zero-order valence-electron chi connectivity index (χ0n) is 16.2. The largest absolute Gasteiger partial charge is 0.416 e. The third-order valence-corrected chi connectivity index (χ3v) is 5.36. The number of alkyl halides is 3. The van der Waals surface area contributed by atoms with E-state index in [9.17, 15) is 18.0 Å². The Kier molecular flexibility index (Phi) is 5.67. The fourth-order valence-electron chi connectivity index (χ4n) is 3.86. The molecule has 1 saturated heterocycles. The molecule has 1 fully saturated rings. The molecule has 4 rings (SSSR count). The van der Waals surface area contributed by atoms with Crippen LogP contribution in [0.1, 0.15) is 34.5 Å². The number of Topliss-reactive ketones (excluding diaryl/α,β-unsaturated/α-hetero) is 1. The molecular formula is C22H21F3N4O. The number of aromatic nitrogens is 3. The van der Waals surface area contributed by atoms with Crippen LogP contribution in [-0.2, 0) is 12.7 Å². The van der Waals surface area contributed by atoms with Gasteiger partial charge in [0, 0.05) is 48.9 Å². The normalized spacial score (nSPS) is 17.8. The lowest BCUT2D eigenvalue weighted by Gasteiger charge is -2.32. The van der Waals surface area contributed by atoms with E-state index in [0.717, 1.165) is 37.2 Å². The lowest BCUT2D eigenvalue weighted by molar-refractivity contribution is -0.137. The van der Waals surface area contributed by atoms with Gasteiger partial charge in [0.2, 0.25) is 5.95 Å². The molecule has 5 nitrogen and oxygen atoms in total. The Labute approximate surface area is 172 Å². The molecule has 8 heteroatoms. The zero-order chi connectivity index (χ0) is 21.1. The number of benzene rings is 1. The SMILES string of the molecule is O=C(c1ccc(C(F)(F)F)cc1)[C@H]1CCCN(Cc2cccn2-c2ncccn2)C1. The van der Waals surface area contributed by atoms with Gasteiger partial charge in [-0.1, -0.05) is 12.1 Å². The van der Waals surface area contributed by atoms with Gasteiger partial charge in [0.05, 0.1) is 5.56 Å². The number of hydrogen-bond donors (Lipinski definition) is 0. The van der Waals surface area contributed by atoms with Crippen molar-refractivity contribution in [2.24, 2.45) is 5.92 Å². The highest BCUT2D eigenvalue weighted by atomic mass is 19.4. The van der Waals surface area contributed by atoms with Crippen molar-refractivity contribution < 1.29 is 18.0 Å². The summed E-state index contributed by atoms with van der Waals surface area (Å²) in [6.07, 6.45) is 2.47. The third kappa shape index (κ3) is 4.43. The minimum absolute atomic E-state index is 0.102. The molecule has 156 valence electrons. The van der Waals surface area contributed by atoms with Crippen molar-refractivity contribution in [3.05, 3.63) is 77.9 Å². The van der Waals surface area contributed by atoms with Gasteiger partial charge < -0.3 is 0 Å². The van der Waals surface area contributed by atoms with Gasteiger partial charge in [0.15, 0.2) is 5.78 Å². The highest BCUT2D eigenvalue weighted by molar-refractivity contribution is 5.98. The summed E-state index contributed by atoms with van der Waals surface area (Å²) in [5.41, 5.74) is 0.605. The molecule has 0 aliphatic carbocycles. The number of nitrogens with zero attached hydrogens (tertiary/aromatic N) is 4. The second-order valence-electron chi connectivity index (χ2n) is 7.43. The average molecular weight is 414 g/mol. The Morgan fingerprint density at radius 2 is 1.80 bits per heavy atom. The van der Waals surface area contributed by atoms with Crippen molar-refractivity contribution in [3.8, 4) is 5.95 Å². The molecule has 1 atom stereocenters. The molecule has 1 aliphatic rings. The number of likely N-dealkylation sites (tertiary alicyclic amines) is 1. The third-order valence-electron chi connectivity index (χ3n) is 5.36. The molecule has 0 unspecified atom stereocenters. The second-order valence-corrected chi connectivity index (χ2v) is 7.43. The van der Waals surface area contributed by atoms with E-state index in [-0.39, 0.29) is 11.7 Å². The van der Waals surface area contributed by atoms with Crippen LogP contribution < -0.4 is 0 Å². The van der Waals surface area contributed by atoms with Crippen LogP contribution in [-0.4, -0.2) is 38.3 Å². The highest BCUT2D eigenvalue weighted by Gasteiger charge is 2.31. The predicted octanol–water partition coefficient (Wildman–Crippen LogP) is 4.38. The lowest BCUT2D eigenvalue weighted by atomic mass is 9.89. The Bertz CT molecular complexity index is 999. The molecule has 30 heavy (non-hydrogen) atoms. The summed E-state index contributed by atoms with van der Waals surface area (Å²) in [6, 6.07) is 10.2. The van der Waals surface area contributed by atoms with Crippen molar-refractivity contribution in [2.75, 3.05) is 13.1 Å². The number of carbonyl (C=O) groups excluding carboxylic acids is 1. The maximum absolute atomic E-state index is 12.9. The minimum atomic E-state index is -4.40. The topological polar surface area (TPSA) is 51.0 Å². The van der Waals surface area contributed by atoms with Crippen LogP contribution in [0.25, 0.3) is 5.95 Å². The monoisotopic (exact) mass is 414 g/mol. The summed E-state index contributed by atoms with van der Waals surface area (Å²) in [6.45, 7) is 2.07. The maximum Gasteiger partial charge on any atom is 0.416 e. The molecule has 1 aliphatic heterocycles. The molecular weight excluding hydrogens is 393 g/mol. The summed E-state index contributed by atoms with van der Waals surface area (Å²) in [5, 5.41) is 0. The van der Waals surface area contributed by atoms with Gasteiger partial charge >= 0.3 is 6.18 Å². The molecule has 2 aromatic heterocycles. The van der Waals surface area contributed by atoms with Crippen LogP contribution in [0.2, 0.25) is 0 Å². The lowest BCUT2D eigenvalue weighted by Crippen LogP contribution is -2.38. The Morgan fingerprint density at radius 1 is 1.07 bits per heavy atom. The summed E-state index contributed by atoms with van der Waals surface area (Å²) >= 11 is 0. The van der Waals surface area contributed by atoms with E-state index in [4.69, 9.17) is 0 Å². The van der Waals surface area contributed by atoms with Crippen molar-refractivity contribution in [2.45, 2.75) is 25.6 Å². The van der Waals surface area contributed by atoms with E-state index < -0.39 is 11.7 Å². The van der Waals surface area contributed by atoms with Gasteiger partial charge in [-0.05, 0) is 49.7 Å². The average Bonchev–Trinajstić information content (AvgIpc) is 3.21. The van der Waals surface area contributed by atoms with Gasteiger partial charge in [-0.25, -0.2) is 9.97 Å². The standard InChI is InChI=1S/C22H21F3N4O/c23-22(24,25)18-8-6-16(7-9-18)20(30)17-4-1-12-28(14-17)15-19-5-2-13-29(19)21-26-10-3-11-27-21/h2-3,5-11,13,17H,1,4,12,14-15H2/t17-/m0/s1. The van der Waals surface area contributed by atoms with Gasteiger partial charge in [-0.2, -0.15) is 13.2 Å². The van der Waals surface area contributed by atoms with Crippen molar-refractivity contribution in [1.82, 2.24) is 19.4 Å².